The van der Waals surface area contributed by atoms with Gasteiger partial charge in [0.15, 0.2) is 0 Å². The van der Waals surface area contributed by atoms with E-state index in [2.05, 4.69) is 4.90 Å². The minimum Gasteiger partial charge on any atom is -0.384 e. The Morgan fingerprint density at radius 1 is 1.17 bits per heavy atom. The molecule has 1 heterocycles. The van der Waals surface area contributed by atoms with Crippen LogP contribution in [-0.2, 0) is 4.74 Å². The summed E-state index contributed by atoms with van der Waals surface area (Å²) >= 11 is 0. The number of nitrogens with zero attached hydrogens (tertiary/aromatic N) is 1. The second-order valence-corrected chi connectivity index (χ2v) is 6.16. The van der Waals surface area contributed by atoms with Crippen molar-refractivity contribution in [3.63, 3.8) is 0 Å². The molecule has 0 spiro atoms. The Morgan fingerprint density at radius 2 is 1.89 bits per heavy atom. The topological polar surface area (TPSA) is 38.5 Å². The van der Waals surface area contributed by atoms with E-state index in [4.69, 9.17) is 10.5 Å². The molecule has 2 unspecified atom stereocenters. The minimum atomic E-state index is 0.630. The predicted molar refractivity (Wildman–Crippen MR) is 75.6 cm³/mol. The Balaban J connectivity index is 1.87. The molecule has 2 atom stereocenters. The van der Waals surface area contributed by atoms with E-state index in [-0.39, 0.29) is 0 Å². The van der Waals surface area contributed by atoms with Crippen molar-refractivity contribution in [3.8, 4) is 0 Å². The quantitative estimate of drug-likeness (QED) is 0.765. The first-order chi connectivity index (χ1) is 8.85. The standard InChI is InChI=1S/C15H30N2O/c1-18-12-13-8-9-17(11-13)15(10-16)14-6-4-2-3-5-7-14/h13-15H,2-12,16H2,1H3. The summed E-state index contributed by atoms with van der Waals surface area (Å²) in [6.45, 7) is 4.18. The Hall–Kier alpha value is -0.120. The molecule has 2 rings (SSSR count). The second kappa shape index (κ2) is 7.46. The summed E-state index contributed by atoms with van der Waals surface area (Å²) in [6, 6.07) is 0.630. The maximum absolute atomic E-state index is 6.08. The average Bonchev–Trinajstić information content (AvgIpc) is 2.66. The first kappa shape index (κ1) is 14.3. The minimum absolute atomic E-state index is 0.630. The van der Waals surface area contributed by atoms with Crippen LogP contribution >= 0.6 is 0 Å². The van der Waals surface area contributed by atoms with Crippen molar-refractivity contribution >= 4 is 0 Å². The first-order valence-corrected chi connectivity index (χ1v) is 7.78. The molecular formula is C15H30N2O. The lowest BCUT2D eigenvalue weighted by atomic mass is 9.91. The third kappa shape index (κ3) is 3.69. The zero-order valence-electron chi connectivity index (χ0n) is 11.9. The van der Waals surface area contributed by atoms with Crippen LogP contribution in [-0.4, -0.2) is 44.3 Å². The van der Waals surface area contributed by atoms with Gasteiger partial charge in [-0.2, -0.15) is 0 Å². The fourth-order valence-electron chi connectivity index (χ4n) is 3.87. The molecule has 0 radical (unpaired) electrons. The summed E-state index contributed by atoms with van der Waals surface area (Å²) in [4.78, 5) is 2.65. The predicted octanol–water partition coefficient (Wildman–Crippen LogP) is 2.25. The number of methoxy groups -OCH3 is 1. The van der Waals surface area contributed by atoms with Crippen LogP contribution in [0.25, 0.3) is 0 Å². The van der Waals surface area contributed by atoms with E-state index >= 15 is 0 Å². The van der Waals surface area contributed by atoms with E-state index in [9.17, 15) is 0 Å². The van der Waals surface area contributed by atoms with Crippen molar-refractivity contribution in [2.24, 2.45) is 17.6 Å². The van der Waals surface area contributed by atoms with Gasteiger partial charge < -0.3 is 10.5 Å². The van der Waals surface area contributed by atoms with Gasteiger partial charge in [0.1, 0.15) is 0 Å². The summed E-state index contributed by atoms with van der Waals surface area (Å²) in [7, 11) is 1.81. The summed E-state index contributed by atoms with van der Waals surface area (Å²) in [6.07, 6.45) is 9.77. The van der Waals surface area contributed by atoms with Crippen molar-refractivity contribution in [2.45, 2.75) is 51.0 Å². The van der Waals surface area contributed by atoms with Crippen LogP contribution in [0.1, 0.15) is 44.9 Å². The second-order valence-electron chi connectivity index (χ2n) is 6.16. The maximum atomic E-state index is 6.08. The lowest BCUT2D eigenvalue weighted by Crippen LogP contribution is -2.44. The Kier molecular flexibility index (Phi) is 5.93. The first-order valence-electron chi connectivity index (χ1n) is 7.78. The lowest BCUT2D eigenvalue weighted by Gasteiger charge is -2.33. The van der Waals surface area contributed by atoms with Crippen LogP contribution in [0.4, 0.5) is 0 Å². The molecule has 2 aliphatic rings. The van der Waals surface area contributed by atoms with Gasteiger partial charge in [-0.05, 0) is 37.6 Å². The fraction of sp³-hybridized carbons (Fsp3) is 1.00. The van der Waals surface area contributed by atoms with E-state index < -0.39 is 0 Å². The molecular weight excluding hydrogens is 224 g/mol. The Bertz CT molecular complexity index is 227. The van der Waals surface area contributed by atoms with Crippen molar-refractivity contribution < 1.29 is 4.74 Å². The number of rotatable bonds is 5. The van der Waals surface area contributed by atoms with Gasteiger partial charge in [0.2, 0.25) is 0 Å². The molecule has 1 saturated heterocycles. The van der Waals surface area contributed by atoms with Crippen LogP contribution in [0, 0.1) is 11.8 Å². The number of hydrogen-bond donors (Lipinski definition) is 1. The molecule has 18 heavy (non-hydrogen) atoms. The molecule has 0 aromatic heterocycles. The summed E-state index contributed by atoms with van der Waals surface area (Å²) in [5.41, 5.74) is 6.08. The lowest BCUT2D eigenvalue weighted by molar-refractivity contribution is 0.130. The zero-order chi connectivity index (χ0) is 12.8. The molecule has 1 aliphatic carbocycles. The van der Waals surface area contributed by atoms with E-state index in [0.717, 1.165) is 25.0 Å². The highest BCUT2D eigenvalue weighted by molar-refractivity contribution is 4.87. The normalized spacial score (nSPS) is 29.3. The highest BCUT2D eigenvalue weighted by Gasteiger charge is 2.32. The van der Waals surface area contributed by atoms with E-state index in [0.29, 0.717) is 6.04 Å². The molecule has 2 fully saturated rings. The third-order valence-electron chi connectivity index (χ3n) is 4.87. The largest absolute Gasteiger partial charge is 0.384 e. The highest BCUT2D eigenvalue weighted by Crippen LogP contribution is 2.30. The molecule has 0 aromatic carbocycles. The molecule has 1 saturated carbocycles. The van der Waals surface area contributed by atoms with Crippen molar-refractivity contribution in [1.29, 1.82) is 0 Å². The van der Waals surface area contributed by atoms with Gasteiger partial charge in [-0.25, -0.2) is 0 Å². The maximum Gasteiger partial charge on any atom is 0.0503 e. The molecule has 0 aromatic rings. The van der Waals surface area contributed by atoms with Crippen LogP contribution < -0.4 is 5.73 Å². The molecule has 3 heteroatoms. The van der Waals surface area contributed by atoms with Crippen molar-refractivity contribution in [1.82, 2.24) is 4.90 Å². The molecule has 2 N–H and O–H groups in total. The van der Waals surface area contributed by atoms with Gasteiger partial charge in [0.05, 0.1) is 6.61 Å². The van der Waals surface area contributed by atoms with Crippen LogP contribution in [0.15, 0.2) is 0 Å². The molecule has 3 nitrogen and oxygen atoms in total. The molecule has 0 amide bonds. The monoisotopic (exact) mass is 254 g/mol. The smallest absolute Gasteiger partial charge is 0.0503 e. The van der Waals surface area contributed by atoms with Gasteiger partial charge in [-0.1, -0.05) is 25.7 Å². The van der Waals surface area contributed by atoms with E-state index in [1.807, 2.05) is 7.11 Å². The van der Waals surface area contributed by atoms with Crippen LogP contribution in [0.2, 0.25) is 0 Å². The van der Waals surface area contributed by atoms with Gasteiger partial charge in [0, 0.05) is 26.2 Å². The van der Waals surface area contributed by atoms with Crippen LogP contribution in [0.3, 0.4) is 0 Å². The van der Waals surface area contributed by atoms with Crippen LogP contribution in [0.5, 0.6) is 0 Å². The van der Waals surface area contributed by atoms with Gasteiger partial charge in [-0.15, -0.1) is 0 Å². The van der Waals surface area contributed by atoms with Crippen molar-refractivity contribution in [3.05, 3.63) is 0 Å². The van der Waals surface area contributed by atoms with Crippen molar-refractivity contribution in [2.75, 3.05) is 33.4 Å². The van der Waals surface area contributed by atoms with Gasteiger partial charge in [-0.3, -0.25) is 4.90 Å². The Labute approximate surface area is 112 Å². The van der Waals surface area contributed by atoms with Gasteiger partial charge in [0.25, 0.3) is 0 Å². The highest BCUT2D eigenvalue weighted by atomic mass is 16.5. The number of ether oxygens (including phenoxy) is 1. The van der Waals surface area contributed by atoms with E-state index in [1.165, 1.54) is 58.0 Å². The SMILES string of the molecule is COCC1CCN(C(CN)C2CCCCCC2)C1. The zero-order valence-corrected chi connectivity index (χ0v) is 11.9. The number of likely N-dealkylation sites (tertiary alicyclic amines) is 1. The number of hydrogen-bond acceptors (Lipinski definition) is 3. The Morgan fingerprint density at radius 3 is 2.50 bits per heavy atom. The third-order valence-corrected chi connectivity index (χ3v) is 4.87. The van der Waals surface area contributed by atoms with Gasteiger partial charge >= 0.3 is 0 Å². The summed E-state index contributed by atoms with van der Waals surface area (Å²) in [5.74, 6) is 1.58. The summed E-state index contributed by atoms with van der Waals surface area (Å²) in [5, 5.41) is 0. The molecule has 106 valence electrons. The molecule has 0 bridgehead atoms. The number of nitrogens with two attached hydrogens (primary N) is 1. The molecule has 1 aliphatic heterocycles. The van der Waals surface area contributed by atoms with E-state index in [1.54, 1.807) is 0 Å². The fourth-order valence-corrected chi connectivity index (χ4v) is 3.87. The average molecular weight is 254 g/mol. The summed E-state index contributed by atoms with van der Waals surface area (Å²) < 4.78 is 5.30.